The summed E-state index contributed by atoms with van der Waals surface area (Å²) in [6.07, 6.45) is 0.787. The van der Waals surface area contributed by atoms with Crippen LogP contribution in [0.5, 0.6) is 0 Å². The van der Waals surface area contributed by atoms with Gasteiger partial charge in [0.1, 0.15) is 5.02 Å². The van der Waals surface area contributed by atoms with E-state index in [2.05, 4.69) is 0 Å². The zero-order valence-corrected chi connectivity index (χ0v) is 14.0. The highest BCUT2D eigenvalue weighted by Gasteiger charge is 2.33. The molecular weight excluding hydrogens is 336 g/mol. The molecule has 0 spiro atoms. The molecule has 0 aliphatic carbocycles. The van der Waals surface area contributed by atoms with E-state index in [4.69, 9.17) is 11.6 Å². The van der Waals surface area contributed by atoms with Crippen LogP contribution in [0.4, 0.5) is 5.69 Å². The average molecular weight is 351 g/mol. The number of hydrogen-bond donors (Lipinski definition) is 0. The van der Waals surface area contributed by atoms with Gasteiger partial charge in [-0.1, -0.05) is 11.6 Å². The molecule has 1 aromatic carbocycles. The van der Waals surface area contributed by atoms with E-state index in [9.17, 15) is 18.5 Å². The molecule has 0 bridgehead atoms. The Morgan fingerprint density at radius 2 is 2.14 bits per heavy atom. The Balaban J connectivity index is 2.48. The third-order valence-corrected chi connectivity index (χ3v) is 7.02. The molecule has 9 heteroatoms. The molecule has 1 atom stereocenters. The summed E-state index contributed by atoms with van der Waals surface area (Å²) in [6.45, 7) is 1.58. The van der Waals surface area contributed by atoms with E-state index < -0.39 is 20.6 Å². The van der Waals surface area contributed by atoms with Crippen molar-refractivity contribution in [2.45, 2.75) is 24.3 Å². The summed E-state index contributed by atoms with van der Waals surface area (Å²) in [5.74, 6) is 1.66. The standard InChI is InChI=1S/C12H15ClN2O4S2/c1-8-5-10(13)11(15(16)17)6-12(8)21(18,19)14(2)9-3-4-20-7-9/h5-6,9H,3-4,7H2,1-2H3. The molecule has 1 unspecified atom stereocenters. The van der Waals surface area contributed by atoms with E-state index in [1.54, 1.807) is 18.7 Å². The van der Waals surface area contributed by atoms with Gasteiger partial charge >= 0.3 is 0 Å². The van der Waals surface area contributed by atoms with Crippen LogP contribution >= 0.6 is 23.4 Å². The molecular formula is C12H15ClN2O4S2. The fourth-order valence-corrected chi connectivity index (χ4v) is 5.48. The van der Waals surface area contributed by atoms with Crippen LogP contribution in [0.1, 0.15) is 12.0 Å². The van der Waals surface area contributed by atoms with Gasteiger partial charge in [0.05, 0.1) is 9.82 Å². The van der Waals surface area contributed by atoms with Crippen molar-refractivity contribution in [1.82, 2.24) is 4.31 Å². The van der Waals surface area contributed by atoms with Crippen molar-refractivity contribution >= 4 is 39.1 Å². The maximum absolute atomic E-state index is 12.7. The van der Waals surface area contributed by atoms with Crippen molar-refractivity contribution in [3.63, 3.8) is 0 Å². The van der Waals surface area contributed by atoms with Gasteiger partial charge in [-0.25, -0.2) is 8.42 Å². The summed E-state index contributed by atoms with van der Waals surface area (Å²) in [5, 5.41) is 10.9. The maximum atomic E-state index is 12.7. The zero-order valence-electron chi connectivity index (χ0n) is 11.6. The van der Waals surface area contributed by atoms with Crippen molar-refractivity contribution in [2.75, 3.05) is 18.6 Å². The van der Waals surface area contributed by atoms with E-state index in [0.717, 1.165) is 24.0 Å². The van der Waals surface area contributed by atoms with E-state index in [-0.39, 0.29) is 16.0 Å². The van der Waals surface area contributed by atoms with Gasteiger partial charge in [-0.3, -0.25) is 10.1 Å². The number of rotatable bonds is 4. The molecule has 0 N–H and O–H groups in total. The first-order chi connectivity index (χ1) is 9.75. The van der Waals surface area contributed by atoms with Crippen molar-refractivity contribution in [2.24, 2.45) is 0 Å². The highest BCUT2D eigenvalue weighted by Crippen LogP contribution is 2.33. The van der Waals surface area contributed by atoms with Crippen LogP contribution in [0, 0.1) is 17.0 Å². The normalized spacial score (nSPS) is 19.1. The van der Waals surface area contributed by atoms with Crippen LogP contribution < -0.4 is 0 Å². The Bertz CT molecular complexity index is 672. The molecule has 21 heavy (non-hydrogen) atoms. The quantitative estimate of drug-likeness (QED) is 0.616. The van der Waals surface area contributed by atoms with Crippen molar-refractivity contribution in [1.29, 1.82) is 0 Å². The SMILES string of the molecule is Cc1cc(Cl)c([N+](=O)[O-])cc1S(=O)(=O)N(C)C1CCSC1. The molecule has 0 radical (unpaired) electrons. The van der Waals surface area contributed by atoms with Crippen LogP contribution in [0.2, 0.25) is 5.02 Å². The van der Waals surface area contributed by atoms with Gasteiger partial charge < -0.3 is 0 Å². The molecule has 6 nitrogen and oxygen atoms in total. The lowest BCUT2D eigenvalue weighted by atomic mass is 10.2. The van der Waals surface area contributed by atoms with Gasteiger partial charge in [0, 0.05) is 24.9 Å². The minimum Gasteiger partial charge on any atom is -0.258 e. The summed E-state index contributed by atoms with van der Waals surface area (Å²) >= 11 is 7.50. The summed E-state index contributed by atoms with van der Waals surface area (Å²) in [6, 6.07) is 2.30. The zero-order chi connectivity index (χ0) is 15.8. The highest BCUT2D eigenvalue weighted by molar-refractivity contribution is 7.99. The van der Waals surface area contributed by atoms with Crippen molar-refractivity contribution in [3.8, 4) is 0 Å². The number of thioether (sulfide) groups is 1. The van der Waals surface area contributed by atoms with Gasteiger partial charge in [-0.2, -0.15) is 16.1 Å². The first-order valence-corrected chi connectivity index (χ1v) is 9.22. The molecule has 1 fully saturated rings. The largest absolute Gasteiger partial charge is 0.289 e. The topological polar surface area (TPSA) is 80.5 Å². The molecule has 2 rings (SSSR count). The molecule has 0 saturated carbocycles. The molecule has 0 aromatic heterocycles. The Morgan fingerprint density at radius 1 is 1.48 bits per heavy atom. The molecule has 116 valence electrons. The number of nitrogens with zero attached hydrogens (tertiary/aromatic N) is 2. The van der Waals surface area contributed by atoms with Crippen LogP contribution in [-0.4, -0.2) is 42.2 Å². The Hall–Kier alpha value is -0.830. The van der Waals surface area contributed by atoms with E-state index in [0.29, 0.717) is 5.56 Å². The van der Waals surface area contributed by atoms with Gasteiger partial charge in [0.2, 0.25) is 10.0 Å². The maximum Gasteiger partial charge on any atom is 0.289 e. The van der Waals surface area contributed by atoms with Gasteiger partial charge in [-0.15, -0.1) is 0 Å². The predicted octanol–water partition coefficient (Wildman–Crippen LogP) is 2.68. The van der Waals surface area contributed by atoms with Crippen LogP contribution in [-0.2, 0) is 10.0 Å². The molecule has 1 saturated heterocycles. The second-order valence-electron chi connectivity index (χ2n) is 4.86. The molecule has 1 aliphatic rings. The smallest absolute Gasteiger partial charge is 0.258 e. The lowest BCUT2D eigenvalue weighted by Crippen LogP contribution is -2.37. The van der Waals surface area contributed by atoms with Crippen molar-refractivity contribution in [3.05, 3.63) is 32.8 Å². The summed E-state index contributed by atoms with van der Waals surface area (Å²) in [7, 11) is -2.25. The predicted molar refractivity (Wildman–Crippen MR) is 83.5 cm³/mol. The minimum absolute atomic E-state index is 0.0574. The minimum atomic E-state index is -3.77. The number of benzene rings is 1. The number of aryl methyl sites for hydroxylation is 1. The second kappa shape index (κ2) is 6.12. The molecule has 1 aliphatic heterocycles. The molecule has 1 heterocycles. The van der Waals surface area contributed by atoms with E-state index >= 15 is 0 Å². The Morgan fingerprint density at radius 3 is 2.67 bits per heavy atom. The third kappa shape index (κ3) is 3.18. The average Bonchev–Trinajstić information content (AvgIpc) is 2.90. The van der Waals surface area contributed by atoms with E-state index in [1.807, 2.05) is 0 Å². The highest BCUT2D eigenvalue weighted by atomic mass is 35.5. The number of sulfonamides is 1. The van der Waals surface area contributed by atoms with Crippen LogP contribution in [0.3, 0.4) is 0 Å². The first kappa shape index (κ1) is 16.5. The lowest BCUT2D eigenvalue weighted by Gasteiger charge is -2.24. The number of nitro groups is 1. The number of nitro benzene ring substituents is 1. The lowest BCUT2D eigenvalue weighted by molar-refractivity contribution is -0.384. The number of hydrogen-bond acceptors (Lipinski definition) is 5. The first-order valence-electron chi connectivity index (χ1n) is 6.25. The molecule has 1 aromatic rings. The van der Waals surface area contributed by atoms with E-state index in [1.165, 1.54) is 17.4 Å². The second-order valence-corrected chi connectivity index (χ2v) is 8.39. The van der Waals surface area contributed by atoms with Crippen LogP contribution in [0.25, 0.3) is 0 Å². The monoisotopic (exact) mass is 350 g/mol. The fourth-order valence-electron chi connectivity index (χ4n) is 2.22. The fraction of sp³-hybridized carbons (Fsp3) is 0.500. The van der Waals surface area contributed by atoms with Gasteiger partial charge in [0.15, 0.2) is 0 Å². The Labute approximate surface area is 132 Å². The van der Waals surface area contributed by atoms with Gasteiger partial charge in [0.25, 0.3) is 5.69 Å². The van der Waals surface area contributed by atoms with Gasteiger partial charge in [-0.05, 0) is 30.7 Å². The Kier molecular flexibility index (Phi) is 4.82. The van der Waals surface area contributed by atoms with Crippen LogP contribution in [0.15, 0.2) is 17.0 Å². The number of halogens is 1. The summed E-state index contributed by atoms with van der Waals surface area (Å²) < 4.78 is 26.7. The third-order valence-electron chi connectivity index (χ3n) is 3.52. The summed E-state index contributed by atoms with van der Waals surface area (Å²) in [4.78, 5) is 10.2. The van der Waals surface area contributed by atoms with Crippen molar-refractivity contribution < 1.29 is 13.3 Å². The molecule has 0 amide bonds. The summed E-state index contributed by atoms with van der Waals surface area (Å²) in [5.41, 5.74) is 0.0122.